The molecule has 0 unspecified atom stereocenters. The molecule has 3 rings (SSSR count). The number of hydrogen-bond acceptors (Lipinski definition) is 4. The monoisotopic (exact) mass is 404 g/mol. The third-order valence-electron chi connectivity index (χ3n) is 5.45. The minimum atomic E-state index is -3.97. The molecule has 2 aromatic rings. The van der Waals surface area contributed by atoms with Crippen molar-refractivity contribution in [3.8, 4) is 0 Å². The molecule has 0 radical (unpaired) electrons. The van der Waals surface area contributed by atoms with Crippen LogP contribution in [0.15, 0.2) is 23.2 Å². The summed E-state index contributed by atoms with van der Waals surface area (Å²) in [6.07, 6.45) is 5.65. The fraction of sp³-hybridized carbons (Fsp3) is 0.500. The molecule has 0 spiro atoms. The Morgan fingerprint density at radius 2 is 1.71 bits per heavy atom. The largest absolute Gasteiger partial charge is 0.350 e. The van der Waals surface area contributed by atoms with Gasteiger partial charge >= 0.3 is 0 Å². The molecule has 8 heteroatoms. The molecule has 1 fully saturated rings. The first-order valence-electron chi connectivity index (χ1n) is 9.63. The molecule has 0 atom stereocenters. The second-order valence-electron chi connectivity index (χ2n) is 7.46. The fourth-order valence-electron chi connectivity index (χ4n) is 3.71. The van der Waals surface area contributed by atoms with Crippen LogP contribution in [-0.4, -0.2) is 41.9 Å². The summed E-state index contributed by atoms with van der Waals surface area (Å²) in [7, 11) is -2.18. The average Bonchev–Trinajstić information content (AvgIpc) is 2.84. The van der Waals surface area contributed by atoms with Crippen LogP contribution in [0.3, 0.4) is 0 Å². The number of nitrogens with zero attached hydrogens (tertiary/aromatic N) is 3. The van der Waals surface area contributed by atoms with Gasteiger partial charge in [-0.3, -0.25) is 9.52 Å². The van der Waals surface area contributed by atoms with Crippen LogP contribution in [0.5, 0.6) is 0 Å². The molecular formula is C20H28N4O3S. The van der Waals surface area contributed by atoms with E-state index in [1.54, 1.807) is 48.7 Å². The maximum atomic E-state index is 13.3. The van der Waals surface area contributed by atoms with E-state index in [9.17, 15) is 13.2 Å². The summed E-state index contributed by atoms with van der Waals surface area (Å²) in [6.45, 7) is 6.72. The lowest BCUT2D eigenvalue weighted by Crippen LogP contribution is -2.33. The van der Waals surface area contributed by atoms with Crippen molar-refractivity contribution in [1.82, 2.24) is 14.5 Å². The Balaban J connectivity index is 2.05. The Bertz CT molecular complexity index is 987. The van der Waals surface area contributed by atoms with Crippen molar-refractivity contribution >= 4 is 21.7 Å². The van der Waals surface area contributed by atoms with E-state index in [4.69, 9.17) is 0 Å². The smallest absolute Gasteiger partial charge is 0.265 e. The summed E-state index contributed by atoms with van der Waals surface area (Å²) in [5, 5.41) is 0. The summed E-state index contributed by atoms with van der Waals surface area (Å²) in [5.74, 6) is 0.0368. The quantitative estimate of drug-likeness (QED) is 0.848. The zero-order chi connectivity index (χ0) is 20.5. The Morgan fingerprint density at radius 1 is 1.07 bits per heavy atom. The Hall–Kier alpha value is -2.35. The predicted molar refractivity (Wildman–Crippen MR) is 109 cm³/mol. The summed E-state index contributed by atoms with van der Waals surface area (Å²) in [5.41, 5.74) is 2.36. The van der Waals surface area contributed by atoms with Crippen molar-refractivity contribution < 1.29 is 13.2 Å². The Labute approximate surface area is 166 Å². The molecule has 152 valence electrons. The predicted octanol–water partition coefficient (Wildman–Crippen LogP) is 3.16. The minimum absolute atomic E-state index is 0.0463. The highest BCUT2D eigenvalue weighted by molar-refractivity contribution is 7.92. The zero-order valence-electron chi connectivity index (χ0n) is 16.9. The van der Waals surface area contributed by atoms with Crippen molar-refractivity contribution in [3.05, 3.63) is 40.8 Å². The first kappa shape index (κ1) is 20.4. The van der Waals surface area contributed by atoms with E-state index in [0.29, 0.717) is 24.5 Å². The van der Waals surface area contributed by atoms with Crippen LogP contribution in [0.2, 0.25) is 0 Å². The molecule has 0 aliphatic carbocycles. The van der Waals surface area contributed by atoms with E-state index in [2.05, 4.69) is 9.71 Å². The van der Waals surface area contributed by atoms with Gasteiger partial charge in [-0.15, -0.1) is 0 Å². The first-order chi connectivity index (χ1) is 13.2. The normalized spacial score (nSPS) is 15.4. The van der Waals surface area contributed by atoms with E-state index in [0.717, 1.165) is 31.2 Å². The van der Waals surface area contributed by atoms with E-state index in [-0.39, 0.29) is 22.2 Å². The van der Waals surface area contributed by atoms with Gasteiger partial charge in [-0.05, 0) is 51.3 Å². The molecule has 3 heterocycles. The molecular weight excluding hydrogens is 376 g/mol. The number of rotatable bonds is 4. The fourth-order valence-corrected chi connectivity index (χ4v) is 5.23. The number of carbonyl (C=O) groups excluding carboxylic acids is 1. The maximum absolute atomic E-state index is 13.3. The molecule has 0 saturated carbocycles. The van der Waals surface area contributed by atoms with Crippen molar-refractivity contribution in [2.24, 2.45) is 7.05 Å². The molecule has 2 aromatic heterocycles. The van der Waals surface area contributed by atoms with Gasteiger partial charge in [0.1, 0.15) is 10.7 Å². The number of amides is 1. The highest BCUT2D eigenvalue weighted by Gasteiger charge is 2.33. The van der Waals surface area contributed by atoms with Gasteiger partial charge in [0.2, 0.25) is 0 Å². The van der Waals surface area contributed by atoms with Crippen LogP contribution in [0.25, 0.3) is 0 Å². The number of nitrogens with one attached hydrogen (secondary N) is 1. The van der Waals surface area contributed by atoms with E-state index in [1.165, 1.54) is 0 Å². The van der Waals surface area contributed by atoms with Gasteiger partial charge < -0.3 is 9.47 Å². The van der Waals surface area contributed by atoms with Crippen molar-refractivity contribution in [3.63, 3.8) is 0 Å². The van der Waals surface area contributed by atoms with Crippen LogP contribution in [-0.2, 0) is 17.1 Å². The number of hydrogen-bond donors (Lipinski definition) is 1. The SMILES string of the molecule is Cc1ccnc(NS(=O)(=O)c2c(C(=O)N3CCCCCC3)c(C)n(C)c2C)c1. The van der Waals surface area contributed by atoms with Crippen molar-refractivity contribution in [1.29, 1.82) is 0 Å². The molecule has 1 aliphatic rings. The van der Waals surface area contributed by atoms with Crippen LogP contribution in [0.1, 0.15) is 53.0 Å². The standard InChI is InChI=1S/C20H28N4O3S/c1-14-9-10-21-17(13-14)22-28(26,27)19-16(3)23(4)15(2)18(19)20(25)24-11-7-5-6-8-12-24/h9-10,13H,5-8,11-12H2,1-4H3,(H,21,22). The van der Waals surface area contributed by atoms with Gasteiger partial charge in [0.25, 0.3) is 15.9 Å². The highest BCUT2D eigenvalue weighted by atomic mass is 32.2. The lowest BCUT2D eigenvalue weighted by molar-refractivity contribution is 0.0757. The van der Waals surface area contributed by atoms with Gasteiger partial charge in [0.15, 0.2) is 0 Å². The van der Waals surface area contributed by atoms with E-state index in [1.807, 2.05) is 6.92 Å². The molecule has 1 amide bonds. The van der Waals surface area contributed by atoms with Gasteiger partial charge in [0.05, 0.1) is 5.56 Å². The van der Waals surface area contributed by atoms with Gasteiger partial charge in [0, 0.05) is 37.7 Å². The molecule has 1 aliphatic heterocycles. The molecule has 0 bridgehead atoms. The molecule has 28 heavy (non-hydrogen) atoms. The van der Waals surface area contributed by atoms with Gasteiger partial charge in [-0.1, -0.05) is 12.8 Å². The third-order valence-corrected chi connectivity index (χ3v) is 6.97. The zero-order valence-corrected chi connectivity index (χ0v) is 17.8. The Kier molecular flexibility index (Phi) is 5.79. The lowest BCUT2D eigenvalue weighted by atomic mass is 10.2. The number of aromatic nitrogens is 2. The average molecular weight is 405 g/mol. The lowest BCUT2D eigenvalue weighted by Gasteiger charge is -2.21. The highest BCUT2D eigenvalue weighted by Crippen LogP contribution is 2.29. The summed E-state index contributed by atoms with van der Waals surface area (Å²) in [6, 6.07) is 3.46. The van der Waals surface area contributed by atoms with Gasteiger partial charge in [-0.2, -0.15) is 0 Å². The molecule has 1 N–H and O–H groups in total. The van der Waals surface area contributed by atoms with Crippen molar-refractivity contribution in [2.45, 2.75) is 51.3 Å². The number of likely N-dealkylation sites (tertiary alicyclic amines) is 1. The summed E-state index contributed by atoms with van der Waals surface area (Å²) in [4.78, 5) is 19.2. The van der Waals surface area contributed by atoms with Crippen molar-refractivity contribution in [2.75, 3.05) is 17.8 Å². The number of carbonyl (C=O) groups is 1. The second kappa shape index (κ2) is 7.95. The van der Waals surface area contributed by atoms with E-state index >= 15 is 0 Å². The topological polar surface area (TPSA) is 84.3 Å². The number of pyridine rings is 1. The third kappa shape index (κ3) is 3.92. The summed E-state index contributed by atoms with van der Waals surface area (Å²) < 4.78 is 30.8. The van der Waals surface area contributed by atoms with Crippen LogP contribution >= 0.6 is 0 Å². The molecule has 1 saturated heterocycles. The van der Waals surface area contributed by atoms with Crippen LogP contribution in [0, 0.1) is 20.8 Å². The van der Waals surface area contributed by atoms with Crippen LogP contribution < -0.4 is 4.72 Å². The van der Waals surface area contributed by atoms with Gasteiger partial charge in [-0.25, -0.2) is 13.4 Å². The van der Waals surface area contributed by atoms with E-state index < -0.39 is 10.0 Å². The second-order valence-corrected chi connectivity index (χ2v) is 9.08. The van der Waals surface area contributed by atoms with Crippen LogP contribution in [0.4, 0.5) is 5.82 Å². The molecule has 0 aromatic carbocycles. The molecule has 7 nitrogen and oxygen atoms in total. The summed E-state index contributed by atoms with van der Waals surface area (Å²) >= 11 is 0. The Morgan fingerprint density at radius 3 is 2.32 bits per heavy atom. The number of sulfonamides is 1. The number of aryl methyl sites for hydroxylation is 1. The number of anilines is 1. The first-order valence-corrected chi connectivity index (χ1v) is 11.1. The minimum Gasteiger partial charge on any atom is -0.350 e. The maximum Gasteiger partial charge on any atom is 0.265 e.